The van der Waals surface area contributed by atoms with E-state index in [2.05, 4.69) is 0 Å². The summed E-state index contributed by atoms with van der Waals surface area (Å²) >= 11 is 0. The molecule has 0 bridgehead atoms. The number of nitrogens with zero attached hydrogens (tertiary/aromatic N) is 2. The van der Waals surface area contributed by atoms with Crippen LogP contribution in [0.4, 0.5) is 5.69 Å². The van der Waals surface area contributed by atoms with Crippen LogP contribution in [0.1, 0.15) is 31.9 Å². The van der Waals surface area contributed by atoms with Crippen LogP contribution in [0.25, 0.3) is 0 Å². The van der Waals surface area contributed by atoms with Crippen molar-refractivity contribution in [2.75, 3.05) is 0 Å². The minimum absolute atomic E-state index is 0.0975. The molecule has 0 N–H and O–H groups in total. The fraction of sp³-hybridized carbons (Fsp3) is 0.417. The highest BCUT2D eigenvalue weighted by atomic mass is 16.6. The number of rotatable bonds is 2. The van der Waals surface area contributed by atoms with Crippen LogP contribution in [0.2, 0.25) is 0 Å². The van der Waals surface area contributed by atoms with Crippen LogP contribution in [-0.4, -0.2) is 4.92 Å². The van der Waals surface area contributed by atoms with Gasteiger partial charge in [0.15, 0.2) is 0 Å². The third kappa shape index (κ3) is 2.57. The normalized spacial score (nSPS) is 10.9. The zero-order valence-electron chi connectivity index (χ0n) is 9.65. The molecule has 0 aliphatic carbocycles. The first-order valence-corrected chi connectivity index (χ1v) is 5.01. The molecule has 1 aromatic carbocycles. The molecule has 0 atom stereocenters. The van der Waals surface area contributed by atoms with Crippen molar-refractivity contribution in [3.05, 3.63) is 39.4 Å². The van der Waals surface area contributed by atoms with Gasteiger partial charge in [0.1, 0.15) is 0 Å². The van der Waals surface area contributed by atoms with Crippen molar-refractivity contribution >= 4 is 5.69 Å². The third-order valence-corrected chi connectivity index (χ3v) is 2.35. The second kappa shape index (κ2) is 4.31. The van der Waals surface area contributed by atoms with Crippen molar-refractivity contribution in [1.82, 2.24) is 0 Å². The van der Waals surface area contributed by atoms with Gasteiger partial charge in [-0.2, -0.15) is 5.26 Å². The van der Waals surface area contributed by atoms with E-state index < -0.39 is 0 Å². The summed E-state index contributed by atoms with van der Waals surface area (Å²) < 4.78 is 0. The summed E-state index contributed by atoms with van der Waals surface area (Å²) in [7, 11) is 0. The zero-order valence-corrected chi connectivity index (χ0v) is 9.65. The van der Waals surface area contributed by atoms with Gasteiger partial charge in [-0.25, -0.2) is 0 Å². The molecule has 16 heavy (non-hydrogen) atoms. The number of nitro benzene ring substituents is 1. The lowest BCUT2D eigenvalue weighted by Crippen LogP contribution is -2.14. The Labute approximate surface area is 94.7 Å². The van der Waals surface area contributed by atoms with Gasteiger partial charge in [-0.1, -0.05) is 32.9 Å². The molecule has 0 saturated carbocycles. The first kappa shape index (κ1) is 12.2. The van der Waals surface area contributed by atoms with E-state index in [9.17, 15) is 10.1 Å². The van der Waals surface area contributed by atoms with Gasteiger partial charge in [-0.05, 0) is 11.0 Å². The lowest BCUT2D eigenvalue weighted by Gasteiger charge is -2.18. The summed E-state index contributed by atoms with van der Waals surface area (Å²) in [5, 5.41) is 19.5. The Balaban J connectivity index is 3.32. The predicted octanol–water partition coefficient (Wildman–Crippen LogP) is 2.96. The molecule has 1 aromatic rings. The maximum absolute atomic E-state index is 10.9. The van der Waals surface area contributed by atoms with E-state index in [4.69, 9.17) is 5.26 Å². The molecule has 84 valence electrons. The van der Waals surface area contributed by atoms with Crippen molar-refractivity contribution in [3.63, 3.8) is 0 Å². The standard InChI is InChI=1S/C12H14N2O2/c1-12(2,3)10-5-4-9(6-7-13)8-11(10)14(15)16/h4-5,8H,6H2,1-3H3. The molecule has 0 saturated heterocycles. The predicted molar refractivity (Wildman–Crippen MR) is 61.1 cm³/mol. The summed E-state index contributed by atoms with van der Waals surface area (Å²) in [5.74, 6) is 0. The second-order valence-electron chi connectivity index (χ2n) is 4.69. The molecule has 0 aliphatic heterocycles. The monoisotopic (exact) mass is 218 g/mol. The highest BCUT2D eigenvalue weighted by Crippen LogP contribution is 2.31. The van der Waals surface area contributed by atoms with E-state index >= 15 is 0 Å². The molecular weight excluding hydrogens is 204 g/mol. The Bertz CT molecular complexity index is 453. The van der Waals surface area contributed by atoms with Crippen molar-refractivity contribution in [2.45, 2.75) is 32.6 Å². The Morgan fingerprint density at radius 1 is 1.44 bits per heavy atom. The van der Waals surface area contributed by atoms with Crippen molar-refractivity contribution in [2.24, 2.45) is 0 Å². The highest BCUT2D eigenvalue weighted by Gasteiger charge is 2.24. The maximum atomic E-state index is 10.9. The topological polar surface area (TPSA) is 66.9 Å². The SMILES string of the molecule is CC(C)(C)c1ccc(CC#N)cc1[N+](=O)[O-]. The summed E-state index contributed by atoms with van der Waals surface area (Å²) in [5.41, 5.74) is 1.20. The van der Waals surface area contributed by atoms with Crippen molar-refractivity contribution in [1.29, 1.82) is 5.26 Å². The minimum atomic E-state index is -0.387. The number of hydrogen-bond acceptors (Lipinski definition) is 3. The van der Waals surface area contributed by atoms with Crippen LogP contribution in [0.5, 0.6) is 0 Å². The van der Waals surface area contributed by atoms with Gasteiger partial charge in [-0.15, -0.1) is 0 Å². The maximum Gasteiger partial charge on any atom is 0.273 e. The largest absolute Gasteiger partial charge is 0.273 e. The molecule has 0 heterocycles. The van der Waals surface area contributed by atoms with E-state index in [0.717, 1.165) is 0 Å². The van der Waals surface area contributed by atoms with Gasteiger partial charge in [0.25, 0.3) is 5.69 Å². The summed E-state index contributed by atoms with van der Waals surface area (Å²) in [6.45, 7) is 5.79. The van der Waals surface area contributed by atoms with E-state index in [1.807, 2.05) is 26.8 Å². The summed E-state index contributed by atoms with van der Waals surface area (Å²) in [6.07, 6.45) is 0.200. The summed E-state index contributed by atoms with van der Waals surface area (Å²) in [4.78, 5) is 10.6. The molecule has 0 radical (unpaired) electrons. The average molecular weight is 218 g/mol. The van der Waals surface area contributed by atoms with Gasteiger partial charge < -0.3 is 0 Å². The van der Waals surface area contributed by atoms with Gasteiger partial charge in [0.05, 0.1) is 17.4 Å². The average Bonchev–Trinajstić information content (AvgIpc) is 2.16. The van der Waals surface area contributed by atoms with Gasteiger partial charge >= 0.3 is 0 Å². The van der Waals surface area contributed by atoms with E-state index in [-0.39, 0.29) is 22.4 Å². The second-order valence-corrected chi connectivity index (χ2v) is 4.69. The van der Waals surface area contributed by atoms with Crippen LogP contribution in [-0.2, 0) is 11.8 Å². The van der Waals surface area contributed by atoms with Crippen LogP contribution < -0.4 is 0 Å². The Hall–Kier alpha value is -1.89. The van der Waals surface area contributed by atoms with E-state index in [0.29, 0.717) is 11.1 Å². The molecule has 0 aliphatic rings. The van der Waals surface area contributed by atoms with Crippen LogP contribution in [0, 0.1) is 21.4 Å². The fourth-order valence-corrected chi connectivity index (χ4v) is 1.56. The minimum Gasteiger partial charge on any atom is -0.258 e. The van der Waals surface area contributed by atoms with Crippen LogP contribution in [0.3, 0.4) is 0 Å². The first-order chi connectivity index (χ1) is 7.36. The van der Waals surface area contributed by atoms with E-state index in [1.54, 1.807) is 12.1 Å². The number of benzene rings is 1. The fourth-order valence-electron chi connectivity index (χ4n) is 1.56. The quantitative estimate of drug-likeness (QED) is 0.566. The highest BCUT2D eigenvalue weighted by molar-refractivity contribution is 5.47. The summed E-state index contributed by atoms with van der Waals surface area (Å²) in [6, 6.07) is 6.99. The molecule has 0 amide bonds. The third-order valence-electron chi connectivity index (χ3n) is 2.35. The Morgan fingerprint density at radius 3 is 2.50 bits per heavy atom. The van der Waals surface area contributed by atoms with Crippen molar-refractivity contribution in [3.8, 4) is 6.07 Å². The number of hydrogen-bond donors (Lipinski definition) is 0. The number of nitro groups is 1. The van der Waals surface area contributed by atoms with Gasteiger partial charge in [0.2, 0.25) is 0 Å². The lowest BCUT2D eigenvalue weighted by atomic mass is 9.85. The molecule has 4 heteroatoms. The van der Waals surface area contributed by atoms with Crippen molar-refractivity contribution < 1.29 is 4.92 Å². The van der Waals surface area contributed by atoms with Crippen LogP contribution >= 0.6 is 0 Å². The van der Waals surface area contributed by atoms with Crippen LogP contribution in [0.15, 0.2) is 18.2 Å². The molecule has 0 unspecified atom stereocenters. The smallest absolute Gasteiger partial charge is 0.258 e. The Kier molecular flexibility index (Phi) is 3.28. The zero-order chi connectivity index (χ0) is 12.3. The Morgan fingerprint density at radius 2 is 2.06 bits per heavy atom. The molecule has 0 aromatic heterocycles. The molecule has 0 fully saturated rings. The lowest BCUT2D eigenvalue weighted by molar-refractivity contribution is -0.386. The molecular formula is C12H14N2O2. The molecule has 0 spiro atoms. The molecule has 1 rings (SSSR count). The van der Waals surface area contributed by atoms with E-state index in [1.165, 1.54) is 6.07 Å². The number of nitriles is 1. The van der Waals surface area contributed by atoms with Gasteiger partial charge in [-0.3, -0.25) is 10.1 Å². The first-order valence-electron chi connectivity index (χ1n) is 5.01. The molecule has 4 nitrogen and oxygen atoms in total. The van der Waals surface area contributed by atoms with Gasteiger partial charge in [0, 0.05) is 11.6 Å².